The zero-order valence-electron chi connectivity index (χ0n) is 20.2. The van der Waals surface area contributed by atoms with Crippen molar-refractivity contribution in [1.29, 1.82) is 0 Å². The highest BCUT2D eigenvalue weighted by Crippen LogP contribution is 2.40. The van der Waals surface area contributed by atoms with E-state index in [9.17, 15) is 39.5 Å². The van der Waals surface area contributed by atoms with Crippen LogP contribution in [0.15, 0.2) is 72.8 Å². The predicted octanol–water partition coefficient (Wildman–Crippen LogP) is 9.68. The molecule has 39 heavy (non-hydrogen) atoms. The lowest BCUT2D eigenvalue weighted by Crippen LogP contribution is -2.25. The third-order valence-electron chi connectivity index (χ3n) is 5.92. The van der Waals surface area contributed by atoms with Gasteiger partial charge in [-0.15, -0.1) is 0 Å². The first-order chi connectivity index (χ1) is 18.3. The Kier molecular flexibility index (Phi) is 7.68. The van der Waals surface area contributed by atoms with E-state index >= 15 is 0 Å². The molecule has 0 heterocycles. The Morgan fingerprint density at radius 2 is 0.974 bits per heavy atom. The largest absolute Gasteiger partial charge is 0.432 e. The number of aryl methyl sites for hydroxylation is 1. The summed E-state index contributed by atoms with van der Waals surface area (Å²) in [6.07, 6.45) is -8.32. The summed E-state index contributed by atoms with van der Waals surface area (Å²) in [4.78, 5) is 0. The quantitative estimate of drug-likeness (QED) is 0.207. The molecule has 0 N–H and O–H groups in total. The van der Waals surface area contributed by atoms with Crippen LogP contribution in [0.25, 0.3) is 22.3 Å². The highest BCUT2D eigenvalue weighted by molar-refractivity contribution is 5.71. The van der Waals surface area contributed by atoms with Gasteiger partial charge in [-0.1, -0.05) is 61.9 Å². The standard InChI is InChI=1S/C29H19F9O/c1-2-3-16-4-6-17(7-5-16)18-8-10-19(11-9-18)20-12-22(30)27(23(31)13-20)29(37,38)39-21-14-24(32)26(25(33)15-21)28(34,35)36/h4-15H,2-3H2,1H3. The molecule has 0 atom stereocenters. The molecule has 0 aromatic heterocycles. The van der Waals surface area contributed by atoms with E-state index in [-0.39, 0.29) is 17.7 Å². The van der Waals surface area contributed by atoms with Crippen molar-refractivity contribution < 1.29 is 44.3 Å². The topological polar surface area (TPSA) is 9.23 Å². The SMILES string of the molecule is CCCc1ccc(-c2ccc(-c3cc(F)c(C(F)(F)Oc4cc(F)c(C(F)(F)F)c(F)c4)c(F)c3)cc2)cc1. The molecule has 0 saturated heterocycles. The lowest BCUT2D eigenvalue weighted by Gasteiger charge is -2.21. The number of ether oxygens (including phenoxy) is 1. The van der Waals surface area contributed by atoms with E-state index in [0.29, 0.717) is 17.7 Å². The van der Waals surface area contributed by atoms with E-state index in [1.807, 2.05) is 24.3 Å². The Hall–Kier alpha value is -3.95. The Morgan fingerprint density at radius 1 is 0.564 bits per heavy atom. The average Bonchev–Trinajstić information content (AvgIpc) is 2.82. The van der Waals surface area contributed by atoms with Crippen molar-refractivity contribution in [2.24, 2.45) is 0 Å². The fraction of sp³-hybridized carbons (Fsp3) is 0.172. The number of rotatable bonds is 7. The summed E-state index contributed by atoms with van der Waals surface area (Å²) >= 11 is 0. The van der Waals surface area contributed by atoms with E-state index in [0.717, 1.165) is 24.0 Å². The zero-order chi connectivity index (χ0) is 28.5. The van der Waals surface area contributed by atoms with Crippen LogP contribution in [0.4, 0.5) is 39.5 Å². The van der Waals surface area contributed by atoms with Crippen LogP contribution >= 0.6 is 0 Å². The van der Waals surface area contributed by atoms with Crippen LogP contribution in [-0.4, -0.2) is 0 Å². The van der Waals surface area contributed by atoms with E-state index < -0.39 is 52.4 Å². The predicted molar refractivity (Wildman–Crippen MR) is 127 cm³/mol. The summed E-state index contributed by atoms with van der Waals surface area (Å²) < 4.78 is 128. The van der Waals surface area contributed by atoms with Crippen LogP contribution in [0.2, 0.25) is 0 Å². The molecule has 0 bridgehead atoms. The van der Waals surface area contributed by atoms with Crippen LogP contribution in [0.1, 0.15) is 30.0 Å². The molecule has 0 aliphatic carbocycles. The van der Waals surface area contributed by atoms with Gasteiger partial charge in [0.05, 0.1) is 0 Å². The van der Waals surface area contributed by atoms with Gasteiger partial charge in [0.1, 0.15) is 40.1 Å². The maximum atomic E-state index is 14.7. The first-order valence-corrected chi connectivity index (χ1v) is 11.6. The minimum atomic E-state index is -5.44. The molecule has 4 rings (SSSR count). The molecular formula is C29H19F9O. The number of hydrogen-bond acceptors (Lipinski definition) is 1. The molecule has 0 amide bonds. The molecule has 0 fully saturated rings. The van der Waals surface area contributed by atoms with Crippen molar-refractivity contribution in [3.05, 3.63) is 113 Å². The van der Waals surface area contributed by atoms with Crippen molar-refractivity contribution >= 4 is 0 Å². The number of halogens is 9. The van der Waals surface area contributed by atoms with Gasteiger partial charge < -0.3 is 4.74 Å². The third-order valence-corrected chi connectivity index (χ3v) is 5.92. The second-order valence-electron chi connectivity index (χ2n) is 8.72. The highest BCUT2D eigenvalue weighted by atomic mass is 19.4. The van der Waals surface area contributed by atoms with Crippen molar-refractivity contribution in [3.63, 3.8) is 0 Å². The minimum absolute atomic E-state index is 0.0824. The second-order valence-corrected chi connectivity index (χ2v) is 8.72. The maximum Gasteiger partial charge on any atom is 0.432 e. The van der Waals surface area contributed by atoms with Crippen molar-refractivity contribution in [2.45, 2.75) is 32.1 Å². The Morgan fingerprint density at radius 3 is 1.41 bits per heavy atom. The van der Waals surface area contributed by atoms with Crippen LogP contribution in [-0.2, 0) is 18.7 Å². The Bertz CT molecular complexity index is 1430. The Balaban J connectivity index is 1.59. The molecule has 4 aromatic carbocycles. The average molecular weight is 554 g/mol. The smallest absolute Gasteiger partial charge is 0.429 e. The van der Waals surface area contributed by atoms with E-state index in [2.05, 4.69) is 11.7 Å². The van der Waals surface area contributed by atoms with E-state index in [1.54, 1.807) is 24.3 Å². The molecule has 204 valence electrons. The van der Waals surface area contributed by atoms with Gasteiger partial charge in [-0.05, 0) is 46.4 Å². The van der Waals surface area contributed by atoms with Gasteiger partial charge in [0.15, 0.2) is 0 Å². The summed E-state index contributed by atoms with van der Waals surface area (Å²) in [5.41, 5.74) is -1.08. The molecule has 1 nitrogen and oxygen atoms in total. The van der Waals surface area contributed by atoms with Crippen LogP contribution < -0.4 is 4.74 Å². The molecule has 0 spiro atoms. The molecule has 4 aromatic rings. The molecule has 0 aliphatic heterocycles. The van der Waals surface area contributed by atoms with Gasteiger partial charge in [0, 0.05) is 12.1 Å². The van der Waals surface area contributed by atoms with Gasteiger partial charge in [0.2, 0.25) is 0 Å². The van der Waals surface area contributed by atoms with E-state index in [4.69, 9.17) is 0 Å². The molecule has 0 saturated carbocycles. The molecule has 0 radical (unpaired) electrons. The van der Waals surface area contributed by atoms with Crippen molar-refractivity contribution in [1.82, 2.24) is 0 Å². The van der Waals surface area contributed by atoms with Gasteiger partial charge >= 0.3 is 12.3 Å². The van der Waals surface area contributed by atoms with Crippen LogP contribution in [0, 0.1) is 23.3 Å². The first-order valence-electron chi connectivity index (χ1n) is 11.6. The number of alkyl halides is 5. The third kappa shape index (κ3) is 6.05. The van der Waals surface area contributed by atoms with Gasteiger partial charge in [-0.25, -0.2) is 17.6 Å². The monoisotopic (exact) mass is 554 g/mol. The number of benzene rings is 4. The molecule has 0 aliphatic rings. The van der Waals surface area contributed by atoms with Crippen molar-refractivity contribution in [3.8, 4) is 28.0 Å². The fourth-order valence-corrected chi connectivity index (χ4v) is 4.10. The summed E-state index contributed by atoms with van der Waals surface area (Å²) in [7, 11) is 0. The van der Waals surface area contributed by atoms with Crippen LogP contribution in [0.3, 0.4) is 0 Å². The van der Waals surface area contributed by atoms with Crippen molar-refractivity contribution in [2.75, 3.05) is 0 Å². The molecule has 0 unspecified atom stereocenters. The maximum absolute atomic E-state index is 14.7. The fourth-order valence-electron chi connectivity index (χ4n) is 4.10. The summed E-state index contributed by atoms with van der Waals surface area (Å²) in [5.74, 6) is -9.34. The summed E-state index contributed by atoms with van der Waals surface area (Å²) in [5, 5.41) is 0. The first kappa shape index (κ1) is 28.1. The van der Waals surface area contributed by atoms with Gasteiger partial charge in [0.25, 0.3) is 0 Å². The molecule has 10 heteroatoms. The zero-order valence-corrected chi connectivity index (χ0v) is 20.2. The number of hydrogen-bond donors (Lipinski definition) is 0. The van der Waals surface area contributed by atoms with Gasteiger partial charge in [-0.2, -0.15) is 22.0 Å². The second kappa shape index (κ2) is 10.7. The molecular weight excluding hydrogens is 535 g/mol. The highest BCUT2D eigenvalue weighted by Gasteiger charge is 2.43. The van der Waals surface area contributed by atoms with E-state index in [1.165, 1.54) is 5.56 Å². The summed E-state index contributed by atoms with van der Waals surface area (Å²) in [6.45, 7) is 2.07. The Labute approximate surface area is 217 Å². The van der Waals surface area contributed by atoms with Gasteiger partial charge in [-0.3, -0.25) is 0 Å². The lowest BCUT2D eigenvalue weighted by molar-refractivity contribution is -0.189. The summed E-state index contributed by atoms with van der Waals surface area (Å²) in [6, 6.07) is 15.3. The normalized spacial score (nSPS) is 12.1. The van der Waals surface area contributed by atoms with Crippen LogP contribution in [0.5, 0.6) is 5.75 Å². The lowest BCUT2D eigenvalue weighted by atomic mass is 9.98. The minimum Gasteiger partial charge on any atom is -0.429 e.